The molecule has 0 fully saturated rings. The highest BCUT2D eigenvalue weighted by molar-refractivity contribution is 7.47. The summed E-state index contributed by atoms with van der Waals surface area (Å²) in [5.41, 5.74) is 0. The van der Waals surface area contributed by atoms with E-state index in [4.69, 9.17) is 18.5 Å². The summed E-state index contributed by atoms with van der Waals surface area (Å²) in [6, 6.07) is 0. The highest BCUT2D eigenvalue weighted by Gasteiger charge is 2.27. The van der Waals surface area contributed by atoms with E-state index >= 15 is 0 Å². The fraction of sp³-hybridized carbons (Fsp3) is 0.871. The quantitative estimate of drug-likeness (QED) is 0.0333. The molecular formula is C31H59O10P. The molecule has 0 amide bonds. The minimum absolute atomic E-state index is 0.184. The molecule has 0 aliphatic rings. The van der Waals surface area contributed by atoms with Crippen molar-refractivity contribution >= 4 is 19.8 Å². The number of allylic oxidation sites excluding steroid dienone is 2. The Labute approximate surface area is 254 Å². The summed E-state index contributed by atoms with van der Waals surface area (Å²) >= 11 is 0. The van der Waals surface area contributed by atoms with Crippen LogP contribution in [0.5, 0.6) is 0 Å². The molecule has 3 atom stereocenters. The van der Waals surface area contributed by atoms with E-state index in [-0.39, 0.29) is 12.8 Å². The van der Waals surface area contributed by atoms with Crippen LogP contribution < -0.4 is 0 Å². The SMILES string of the molecule is CCCCCCC/C=C\CCCCCCCC(=O)OC(CO)COP(=O)(O)OCC(CO)OC(=O)CCCCCCC. The lowest BCUT2D eigenvalue weighted by atomic mass is 10.1. The number of rotatable bonds is 30. The lowest BCUT2D eigenvalue weighted by Crippen LogP contribution is -2.28. The Hall–Kier alpha value is -1.29. The molecule has 42 heavy (non-hydrogen) atoms. The molecule has 0 saturated carbocycles. The molecule has 0 bridgehead atoms. The van der Waals surface area contributed by atoms with Crippen LogP contribution in [0.15, 0.2) is 12.2 Å². The molecule has 11 heteroatoms. The van der Waals surface area contributed by atoms with Crippen molar-refractivity contribution in [2.45, 2.75) is 148 Å². The smallest absolute Gasteiger partial charge is 0.457 e. The van der Waals surface area contributed by atoms with Crippen molar-refractivity contribution in [1.29, 1.82) is 0 Å². The summed E-state index contributed by atoms with van der Waals surface area (Å²) in [6.45, 7) is 2.04. The predicted molar refractivity (Wildman–Crippen MR) is 164 cm³/mol. The van der Waals surface area contributed by atoms with Crippen LogP contribution in [0, 0.1) is 0 Å². The van der Waals surface area contributed by atoms with Gasteiger partial charge in [0.05, 0.1) is 26.4 Å². The zero-order valence-electron chi connectivity index (χ0n) is 26.2. The third-order valence-electron chi connectivity index (χ3n) is 6.73. The zero-order valence-corrected chi connectivity index (χ0v) is 27.1. The first kappa shape index (κ1) is 40.7. The number of carbonyl (C=O) groups excluding carboxylic acids is 2. The Morgan fingerprint density at radius 3 is 1.36 bits per heavy atom. The van der Waals surface area contributed by atoms with Gasteiger partial charge in [-0.25, -0.2) is 4.57 Å². The Balaban J connectivity index is 4.02. The molecule has 0 aromatic carbocycles. The zero-order chi connectivity index (χ0) is 31.3. The molecule has 0 rings (SSSR count). The number of phosphoric ester groups is 1. The van der Waals surface area contributed by atoms with Crippen LogP contribution in [0.1, 0.15) is 136 Å². The van der Waals surface area contributed by atoms with Gasteiger partial charge in [0.15, 0.2) is 0 Å². The molecule has 0 radical (unpaired) electrons. The lowest BCUT2D eigenvalue weighted by molar-refractivity contribution is -0.153. The number of unbranched alkanes of at least 4 members (excludes halogenated alkanes) is 14. The Kier molecular flexibility index (Phi) is 27.6. The molecule has 0 heterocycles. The highest BCUT2D eigenvalue weighted by Crippen LogP contribution is 2.43. The third-order valence-corrected chi connectivity index (χ3v) is 7.68. The standard InChI is InChI=1S/C31H59O10P/c1-3-5-7-9-10-11-12-13-14-15-16-17-19-21-23-31(35)41-29(25-33)27-39-42(36,37)38-26-28(24-32)40-30(34)22-20-18-8-6-4-2/h12-13,28-29,32-33H,3-11,14-27H2,1-2H3,(H,36,37)/b13-12-. The molecule has 10 nitrogen and oxygen atoms in total. The number of aliphatic hydroxyl groups is 2. The van der Waals surface area contributed by atoms with E-state index in [2.05, 4.69) is 26.0 Å². The third kappa shape index (κ3) is 26.3. The van der Waals surface area contributed by atoms with Gasteiger partial charge in [0, 0.05) is 12.8 Å². The predicted octanol–water partition coefficient (Wildman–Crippen LogP) is 6.94. The van der Waals surface area contributed by atoms with Gasteiger partial charge in [-0.2, -0.15) is 0 Å². The molecule has 3 unspecified atom stereocenters. The van der Waals surface area contributed by atoms with Crippen LogP contribution in [0.25, 0.3) is 0 Å². The van der Waals surface area contributed by atoms with Gasteiger partial charge in [-0.05, 0) is 38.5 Å². The van der Waals surface area contributed by atoms with Crippen molar-refractivity contribution in [3.8, 4) is 0 Å². The molecule has 248 valence electrons. The molecule has 0 aliphatic heterocycles. The van der Waals surface area contributed by atoms with Crippen LogP contribution >= 0.6 is 7.82 Å². The van der Waals surface area contributed by atoms with E-state index in [1.54, 1.807) is 0 Å². The lowest BCUT2D eigenvalue weighted by Gasteiger charge is -2.20. The van der Waals surface area contributed by atoms with E-state index in [9.17, 15) is 29.3 Å². The Bertz CT molecular complexity index is 731. The van der Waals surface area contributed by atoms with Gasteiger partial charge in [0.1, 0.15) is 12.2 Å². The van der Waals surface area contributed by atoms with Gasteiger partial charge in [0.25, 0.3) is 0 Å². The highest BCUT2D eigenvalue weighted by atomic mass is 31.2. The van der Waals surface area contributed by atoms with Crippen molar-refractivity contribution in [3.63, 3.8) is 0 Å². The van der Waals surface area contributed by atoms with E-state index < -0.39 is 58.4 Å². The number of phosphoric acid groups is 1. The van der Waals surface area contributed by atoms with Crippen molar-refractivity contribution in [1.82, 2.24) is 0 Å². The number of aliphatic hydroxyl groups excluding tert-OH is 2. The summed E-state index contributed by atoms with van der Waals surface area (Å²) < 4.78 is 32.1. The minimum atomic E-state index is -4.61. The van der Waals surface area contributed by atoms with E-state index in [1.165, 1.54) is 32.1 Å². The first-order chi connectivity index (χ1) is 20.3. The van der Waals surface area contributed by atoms with Gasteiger partial charge in [-0.3, -0.25) is 18.6 Å². The summed E-state index contributed by atoms with van der Waals surface area (Å²) in [7, 11) is -4.61. The van der Waals surface area contributed by atoms with Gasteiger partial charge < -0.3 is 24.6 Å². The maximum absolute atomic E-state index is 12.2. The van der Waals surface area contributed by atoms with Gasteiger partial charge >= 0.3 is 19.8 Å². The minimum Gasteiger partial charge on any atom is -0.457 e. The van der Waals surface area contributed by atoms with Crippen molar-refractivity contribution in [2.75, 3.05) is 26.4 Å². The first-order valence-electron chi connectivity index (χ1n) is 16.1. The number of hydrogen-bond donors (Lipinski definition) is 3. The van der Waals surface area contributed by atoms with Crippen LogP contribution in [-0.4, -0.2) is 65.7 Å². The van der Waals surface area contributed by atoms with Crippen LogP contribution in [0.4, 0.5) is 0 Å². The molecule has 0 spiro atoms. The van der Waals surface area contributed by atoms with Crippen LogP contribution in [0.3, 0.4) is 0 Å². The van der Waals surface area contributed by atoms with E-state index in [0.717, 1.165) is 64.2 Å². The topological polar surface area (TPSA) is 149 Å². The molecule has 0 aromatic heterocycles. The second kappa shape index (κ2) is 28.5. The second-order valence-electron chi connectivity index (χ2n) is 10.8. The van der Waals surface area contributed by atoms with Gasteiger partial charge in [-0.15, -0.1) is 0 Å². The van der Waals surface area contributed by atoms with Gasteiger partial charge in [-0.1, -0.05) is 96.6 Å². The van der Waals surface area contributed by atoms with Crippen molar-refractivity contribution in [2.24, 2.45) is 0 Å². The average Bonchev–Trinajstić information content (AvgIpc) is 2.97. The van der Waals surface area contributed by atoms with Crippen LogP contribution in [0.2, 0.25) is 0 Å². The molecule has 0 aromatic rings. The maximum Gasteiger partial charge on any atom is 0.472 e. The molecule has 0 saturated heterocycles. The fourth-order valence-corrected chi connectivity index (χ4v) is 4.95. The van der Waals surface area contributed by atoms with Crippen molar-refractivity contribution in [3.05, 3.63) is 12.2 Å². The van der Waals surface area contributed by atoms with Crippen LogP contribution in [-0.2, 0) is 32.7 Å². The maximum atomic E-state index is 12.2. The summed E-state index contributed by atoms with van der Waals surface area (Å²) in [5, 5.41) is 18.9. The van der Waals surface area contributed by atoms with Gasteiger partial charge in [0.2, 0.25) is 0 Å². The summed E-state index contributed by atoms with van der Waals surface area (Å²) in [4.78, 5) is 33.9. The monoisotopic (exact) mass is 622 g/mol. The van der Waals surface area contributed by atoms with E-state index in [0.29, 0.717) is 12.8 Å². The normalized spacial score (nSPS) is 14.5. The number of esters is 2. The first-order valence-corrected chi connectivity index (χ1v) is 17.6. The van der Waals surface area contributed by atoms with Crippen molar-refractivity contribution < 1.29 is 47.8 Å². The number of hydrogen-bond acceptors (Lipinski definition) is 9. The molecule has 3 N–H and O–H groups in total. The molecular weight excluding hydrogens is 563 g/mol. The number of ether oxygens (including phenoxy) is 2. The Morgan fingerprint density at radius 2 is 0.976 bits per heavy atom. The summed E-state index contributed by atoms with van der Waals surface area (Å²) in [6.07, 6.45) is 21.0. The largest absolute Gasteiger partial charge is 0.472 e. The Morgan fingerprint density at radius 1 is 0.619 bits per heavy atom. The second-order valence-corrected chi connectivity index (χ2v) is 12.2. The molecule has 0 aliphatic carbocycles. The number of carbonyl (C=O) groups is 2. The van der Waals surface area contributed by atoms with E-state index in [1.807, 2.05) is 0 Å². The fourth-order valence-electron chi connectivity index (χ4n) is 4.17. The average molecular weight is 623 g/mol. The summed E-state index contributed by atoms with van der Waals surface area (Å²) in [5.74, 6) is -1.04.